The molecule has 3 aromatic rings. The van der Waals surface area contributed by atoms with E-state index in [1.807, 2.05) is 0 Å². The number of halogens is 3. The maximum atomic E-state index is 14.5. The third kappa shape index (κ3) is 3.74. The molecule has 0 amide bonds. The molecule has 1 aliphatic rings. The molecule has 33 heavy (non-hydrogen) atoms. The van der Waals surface area contributed by atoms with Crippen LogP contribution in [-0.4, -0.2) is 32.4 Å². The highest BCUT2D eigenvalue weighted by Gasteiger charge is 2.62. The number of fused-ring (bicyclic) bond motifs is 1. The molecule has 4 rings (SSSR count). The largest absolute Gasteiger partial charge is 0.419 e. The normalized spacial score (nSPS) is 26.0. The summed E-state index contributed by atoms with van der Waals surface area (Å²) in [6.07, 6.45) is -1.28. The lowest BCUT2D eigenvalue weighted by molar-refractivity contribution is -0.278. The zero-order valence-electron chi connectivity index (χ0n) is 18.0. The van der Waals surface area contributed by atoms with E-state index >= 15 is 0 Å². The number of aliphatic hydroxyl groups is 1. The Morgan fingerprint density at radius 3 is 2.58 bits per heavy atom. The molecule has 0 spiro atoms. The average molecular weight is 456 g/mol. The van der Waals surface area contributed by atoms with Crippen molar-refractivity contribution in [2.75, 3.05) is 0 Å². The van der Waals surface area contributed by atoms with Gasteiger partial charge in [0.25, 0.3) is 0 Å². The topological polar surface area (TPSA) is 74.8 Å². The lowest BCUT2D eigenvalue weighted by Gasteiger charge is -2.46. The van der Waals surface area contributed by atoms with E-state index in [9.17, 15) is 23.1 Å². The highest BCUT2D eigenvalue weighted by Crippen LogP contribution is 2.51. The van der Waals surface area contributed by atoms with E-state index in [1.165, 1.54) is 22.9 Å². The molecule has 8 heteroatoms. The molecular weight excluding hydrogens is 433 g/mol. The van der Waals surface area contributed by atoms with Crippen LogP contribution in [0.15, 0.2) is 82.9 Å². The van der Waals surface area contributed by atoms with Gasteiger partial charge in [-0.15, -0.1) is 0 Å². The van der Waals surface area contributed by atoms with E-state index < -0.39 is 29.7 Å². The van der Waals surface area contributed by atoms with Gasteiger partial charge in [0.15, 0.2) is 11.0 Å². The van der Waals surface area contributed by atoms with Crippen LogP contribution < -0.4 is 5.43 Å². The molecule has 1 aliphatic carbocycles. The lowest BCUT2D eigenvalue weighted by Crippen LogP contribution is -2.56. The van der Waals surface area contributed by atoms with Crippen LogP contribution in [-0.2, 0) is 5.41 Å². The first-order chi connectivity index (χ1) is 15.5. The Morgan fingerprint density at radius 1 is 1.15 bits per heavy atom. The predicted molar refractivity (Wildman–Crippen MR) is 120 cm³/mol. The van der Waals surface area contributed by atoms with Gasteiger partial charge in [-0.2, -0.15) is 13.2 Å². The van der Waals surface area contributed by atoms with Crippen molar-refractivity contribution in [3.63, 3.8) is 0 Å². The first-order valence-corrected chi connectivity index (χ1v) is 10.4. The van der Waals surface area contributed by atoms with Gasteiger partial charge in [-0.3, -0.25) is 4.79 Å². The molecule has 2 N–H and O–H groups in total. The highest BCUT2D eigenvalue weighted by atomic mass is 19.4. The maximum absolute atomic E-state index is 14.5. The second-order valence-electron chi connectivity index (χ2n) is 8.69. The van der Waals surface area contributed by atoms with Crippen LogP contribution in [0.5, 0.6) is 0 Å². The number of rotatable bonds is 3. The molecule has 1 heterocycles. The van der Waals surface area contributed by atoms with E-state index in [-0.39, 0.29) is 10.8 Å². The van der Waals surface area contributed by atoms with Crippen LogP contribution in [0.3, 0.4) is 0 Å². The Kier molecular flexibility index (Phi) is 5.44. The first kappa shape index (κ1) is 22.8. The number of allylic oxidation sites excluding steroid dienone is 1. The van der Waals surface area contributed by atoms with Gasteiger partial charge in [-0.1, -0.05) is 54.6 Å². The molecule has 0 saturated carbocycles. The van der Waals surface area contributed by atoms with E-state index in [4.69, 9.17) is 5.21 Å². The molecule has 0 bridgehead atoms. The van der Waals surface area contributed by atoms with Crippen LogP contribution in [0.2, 0.25) is 0 Å². The average Bonchev–Trinajstić information content (AvgIpc) is 2.79. The summed E-state index contributed by atoms with van der Waals surface area (Å²) < 4.78 is 44.7. The van der Waals surface area contributed by atoms with Crippen molar-refractivity contribution in [2.45, 2.75) is 43.5 Å². The maximum Gasteiger partial charge on any atom is 0.419 e. The van der Waals surface area contributed by atoms with Crippen LogP contribution in [0, 0.1) is 0 Å². The van der Waals surface area contributed by atoms with Crippen LogP contribution in [0.1, 0.15) is 37.4 Å². The van der Waals surface area contributed by atoms with E-state index in [0.29, 0.717) is 22.4 Å². The SMILES string of the molecule is CC(=NO)c1cccc(C2(C)C=CC(n3ccc(=O)c4ccccc43)C(O)(C(F)(F)F)C2)c1. The number of para-hydroxylation sites is 1. The molecule has 5 nitrogen and oxygen atoms in total. The molecule has 0 fully saturated rings. The van der Waals surface area contributed by atoms with E-state index in [0.717, 1.165) is 0 Å². The van der Waals surface area contributed by atoms with Crippen molar-refractivity contribution in [3.8, 4) is 0 Å². The fraction of sp³-hybridized carbons (Fsp3) is 0.280. The minimum Gasteiger partial charge on any atom is -0.411 e. The van der Waals surface area contributed by atoms with Gasteiger partial charge in [0.05, 0.1) is 17.3 Å². The smallest absolute Gasteiger partial charge is 0.411 e. The molecular formula is C25H23F3N2O3. The van der Waals surface area contributed by atoms with Gasteiger partial charge in [-0.05, 0) is 36.2 Å². The molecule has 0 saturated heterocycles. The van der Waals surface area contributed by atoms with Crippen molar-refractivity contribution in [1.29, 1.82) is 0 Å². The van der Waals surface area contributed by atoms with Crippen molar-refractivity contribution >= 4 is 16.6 Å². The Labute approximate surface area is 188 Å². The van der Waals surface area contributed by atoms with Crippen molar-refractivity contribution in [1.82, 2.24) is 4.57 Å². The van der Waals surface area contributed by atoms with Gasteiger partial charge in [0.1, 0.15) is 0 Å². The fourth-order valence-electron chi connectivity index (χ4n) is 4.60. The van der Waals surface area contributed by atoms with Gasteiger partial charge < -0.3 is 14.9 Å². The molecule has 0 radical (unpaired) electrons. The number of aromatic nitrogens is 1. The minimum absolute atomic E-state index is 0.276. The summed E-state index contributed by atoms with van der Waals surface area (Å²) in [4.78, 5) is 12.2. The third-order valence-corrected chi connectivity index (χ3v) is 6.49. The van der Waals surface area contributed by atoms with Crippen LogP contribution >= 0.6 is 0 Å². The highest BCUT2D eigenvalue weighted by molar-refractivity contribution is 5.98. The van der Waals surface area contributed by atoms with Crippen molar-refractivity contribution in [3.05, 3.63) is 94.3 Å². The monoisotopic (exact) mass is 456 g/mol. The zero-order valence-corrected chi connectivity index (χ0v) is 18.0. The van der Waals surface area contributed by atoms with E-state index in [2.05, 4.69) is 5.16 Å². The van der Waals surface area contributed by atoms with Crippen LogP contribution in [0.4, 0.5) is 13.2 Å². The van der Waals surface area contributed by atoms with Crippen molar-refractivity contribution in [2.24, 2.45) is 5.16 Å². The number of benzene rings is 2. The van der Waals surface area contributed by atoms with Gasteiger partial charge in [0, 0.05) is 29.5 Å². The second-order valence-corrected chi connectivity index (χ2v) is 8.69. The Morgan fingerprint density at radius 2 is 1.88 bits per heavy atom. The Bertz CT molecular complexity index is 1330. The molecule has 172 valence electrons. The van der Waals surface area contributed by atoms with E-state index in [1.54, 1.807) is 68.5 Å². The Hall–Kier alpha value is -3.39. The summed E-state index contributed by atoms with van der Waals surface area (Å²) in [5.41, 5.74) is -2.82. The first-order valence-electron chi connectivity index (χ1n) is 10.4. The second kappa shape index (κ2) is 7.88. The molecule has 2 aromatic carbocycles. The molecule has 0 aliphatic heterocycles. The quantitative estimate of drug-likeness (QED) is 0.253. The third-order valence-electron chi connectivity index (χ3n) is 6.49. The zero-order chi connectivity index (χ0) is 24.0. The number of alkyl halides is 3. The lowest BCUT2D eigenvalue weighted by atomic mass is 9.66. The number of hydrogen-bond donors (Lipinski definition) is 2. The number of oxime groups is 1. The number of hydrogen-bond acceptors (Lipinski definition) is 4. The molecule has 3 unspecified atom stereocenters. The van der Waals surface area contributed by atoms with Gasteiger partial charge in [0.2, 0.25) is 0 Å². The summed E-state index contributed by atoms with van der Waals surface area (Å²) in [6, 6.07) is 12.8. The Balaban J connectivity index is 1.90. The summed E-state index contributed by atoms with van der Waals surface area (Å²) in [5, 5.41) is 23.7. The van der Waals surface area contributed by atoms with Gasteiger partial charge in [-0.25, -0.2) is 0 Å². The summed E-state index contributed by atoms with van der Waals surface area (Å²) in [6.45, 7) is 3.21. The summed E-state index contributed by atoms with van der Waals surface area (Å²) >= 11 is 0. The summed E-state index contributed by atoms with van der Waals surface area (Å²) in [7, 11) is 0. The fourth-order valence-corrected chi connectivity index (χ4v) is 4.60. The number of pyridine rings is 1. The standard InChI is InChI=1S/C25H23F3N2O3/c1-16(29-33)17-6-5-7-18(14-17)23(2)12-10-22(24(32,15-23)25(26,27)28)30-13-11-21(31)19-8-3-4-9-20(19)30/h3-14,22,32-33H,15H2,1-2H3. The molecule has 1 aromatic heterocycles. The van der Waals surface area contributed by atoms with Crippen LogP contribution in [0.25, 0.3) is 10.9 Å². The predicted octanol–water partition coefficient (Wildman–Crippen LogP) is 4.95. The minimum atomic E-state index is -4.95. The molecule has 3 atom stereocenters. The van der Waals surface area contributed by atoms with Gasteiger partial charge >= 0.3 is 6.18 Å². The van der Waals surface area contributed by atoms with Crippen molar-refractivity contribution < 1.29 is 23.5 Å². The summed E-state index contributed by atoms with van der Waals surface area (Å²) in [5.74, 6) is 0. The number of nitrogens with zero attached hydrogens (tertiary/aromatic N) is 2.